The molecule has 1 N–H and O–H groups in total. The second-order valence-corrected chi connectivity index (χ2v) is 4.86. The van der Waals surface area contributed by atoms with Crippen molar-refractivity contribution in [2.45, 2.75) is 32.7 Å². The number of fused-ring (bicyclic) bond motifs is 2. The summed E-state index contributed by atoms with van der Waals surface area (Å²) in [7, 11) is 1.99. The van der Waals surface area contributed by atoms with Crippen molar-refractivity contribution in [1.82, 2.24) is 5.32 Å². The van der Waals surface area contributed by atoms with Crippen LogP contribution in [0.4, 0.5) is 0 Å². The molecule has 0 radical (unpaired) electrons. The van der Waals surface area contributed by atoms with Crippen LogP contribution in [0.5, 0.6) is 11.5 Å². The van der Waals surface area contributed by atoms with E-state index in [9.17, 15) is 0 Å². The van der Waals surface area contributed by atoms with E-state index >= 15 is 0 Å². The second kappa shape index (κ2) is 3.91. The van der Waals surface area contributed by atoms with Gasteiger partial charge in [0, 0.05) is 35.6 Å². The minimum absolute atomic E-state index is 0.317. The highest BCUT2D eigenvalue weighted by molar-refractivity contribution is 5.62. The first-order valence-corrected chi connectivity index (χ1v) is 6.35. The summed E-state index contributed by atoms with van der Waals surface area (Å²) in [4.78, 5) is 0. The molecule has 0 amide bonds. The Morgan fingerprint density at radius 2 is 1.71 bits per heavy atom. The molecule has 2 aliphatic rings. The average Bonchev–Trinajstić information content (AvgIpc) is 2.96. The maximum atomic E-state index is 5.86. The molecular formula is C14H19NO2. The van der Waals surface area contributed by atoms with Crippen LogP contribution in [-0.4, -0.2) is 20.3 Å². The van der Waals surface area contributed by atoms with Crippen molar-refractivity contribution in [3.05, 3.63) is 22.3 Å². The van der Waals surface area contributed by atoms with Gasteiger partial charge in [-0.2, -0.15) is 0 Å². The molecule has 0 spiro atoms. The maximum absolute atomic E-state index is 5.86. The number of rotatable bonds is 2. The largest absolute Gasteiger partial charge is 0.493 e. The highest BCUT2D eigenvalue weighted by atomic mass is 16.5. The van der Waals surface area contributed by atoms with Crippen LogP contribution in [0.1, 0.15) is 35.2 Å². The molecule has 17 heavy (non-hydrogen) atoms. The summed E-state index contributed by atoms with van der Waals surface area (Å²) in [5.74, 6) is 2.24. The summed E-state index contributed by atoms with van der Waals surface area (Å²) < 4.78 is 11.7. The molecule has 2 heterocycles. The standard InChI is InChI=1S/C14H19NO2/c1-8-10-4-6-17-14(10)12(9(2)15-3)11-5-7-16-13(8)11/h9,15H,4-7H2,1-3H3. The zero-order valence-electron chi connectivity index (χ0n) is 10.7. The molecule has 0 saturated carbocycles. The molecule has 0 fully saturated rings. The molecule has 1 aromatic carbocycles. The Kier molecular flexibility index (Phi) is 2.51. The van der Waals surface area contributed by atoms with Gasteiger partial charge in [0.25, 0.3) is 0 Å². The van der Waals surface area contributed by atoms with E-state index < -0.39 is 0 Å². The monoisotopic (exact) mass is 233 g/mol. The first kappa shape index (κ1) is 10.9. The molecule has 3 nitrogen and oxygen atoms in total. The minimum atomic E-state index is 0.317. The van der Waals surface area contributed by atoms with E-state index in [4.69, 9.17) is 9.47 Å². The third-order valence-corrected chi connectivity index (χ3v) is 3.97. The third-order valence-electron chi connectivity index (χ3n) is 3.97. The van der Waals surface area contributed by atoms with E-state index in [0.717, 1.165) is 37.6 Å². The summed E-state index contributed by atoms with van der Waals surface area (Å²) in [6.45, 7) is 5.96. The Morgan fingerprint density at radius 3 is 2.41 bits per heavy atom. The third kappa shape index (κ3) is 1.45. The number of nitrogens with one attached hydrogen (secondary N) is 1. The van der Waals surface area contributed by atoms with E-state index in [-0.39, 0.29) is 0 Å². The van der Waals surface area contributed by atoms with Gasteiger partial charge < -0.3 is 14.8 Å². The fourth-order valence-corrected chi connectivity index (χ4v) is 2.98. The first-order chi connectivity index (χ1) is 8.24. The predicted molar refractivity (Wildman–Crippen MR) is 67.1 cm³/mol. The van der Waals surface area contributed by atoms with Gasteiger partial charge in [-0.1, -0.05) is 0 Å². The van der Waals surface area contributed by atoms with E-state index in [1.165, 1.54) is 22.3 Å². The molecule has 0 saturated heterocycles. The van der Waals surface area contributed by atoms with Gasteiger partial charge in [0.2, 0.25) is 0 Å². The molecule has 1 unspecified atom stereocenters. The lowest BCUT2D eigenvalue weighted by Gasteiger charge is -2.20. The molecule has 0 bridgehead atoms. The lowest BCUT2D eigenvalue weighted by atomic mass is 9.91. The van der Waals surface area contributed by atoms with Crippen LogP contribution in [-0.2, 0) is 12.8 Å². The molecule has 2 aliphatic heterocycles. The zero-order chi connectivity index (χ0) is 12.0. The van der Waals surface area contributed by atoms with Gasteiger partial charge >= 0.3 is 0 Å². The van der Waals surface area contributed by atoms with Crippen molar-refractivity contribution in [2.24, 2.45) is 0 Å². The zero-order valence-corrected chi connectivity index (χ0v) is 10.7. The summed E-state index contributed by atoms with van der Waals surface area (Å²) in [6.07, 6.45) is 2.02. The average molecular weight is 233 g/mol. The van der Waals surface area contributed by atoms with Crippen molar-refractivity contribution in [3.8, 4) is 11.5 Å². The van der Waals surface area contributed by atoms with Crippen LogP contribution in [0.3, 0.4) is 0 Å². The van der Waals surface area contributed by atoms with Crippen LogP contribution in [0.15, 0.2) is 0 Å². The summed E-state index contributed by atoms with van der Waals surface area (Å²) >= 11 is 0. The predicted octanol–water partition coefficient (Wildman–Crippen LogP) is 2.15. The SMILES string of the molecule is CNC(C)c1c2c(c(C)c3c1OCC3)OCC2. The van der Waals surface area contributed by atoms with E-state index in [0.29, 0.717) is 6.04 Å². The van der Waals surface area contributed by atoms with Crippen molar-refractivity contribution in [1.29, 1.82) is 0 Å². The Bertz CT molecular complexity index is 433. The molecule has 0 aliphatic carbocycles. The van der Waals surface area contributed by atoms with Gasteiger partial charge in [0.15, 0.2) is 0 Å². The van der Waals surface area contributed by atoms with Gasteiger partial charge in [-0.05, 0) is 26.5 Å². The van der Waals surface area contributed by atoms with Crippen molar-refractivity contribution < 1.29 is 9.47 Å². The number of benzene rings is 1. The second-order valence-electron chi connectivity index (χ2n) is 4.86. The highest BCUT2D eigenvalue weighted by Crippen LogP contribution is 2.46. The van der Waals surface area contributed by atoms with E-state index in [1.54, 1.807) is 0 Å². The number of hydrogen-bond acceptors (Lipinski definition) is 3. The van der Waals surface area contributed by atoms with Gasteiger partial charge in [0.1, 0.15) is 11.5 Å². The summed E-state index contributed by atoms with van der Waals surface area (Å²) in [6, 6.07) is 0.317. The van der Waals surface area contributed by atoms with Crippen molar-refractivity contribution in [2.75, 3.05) is 20.3 Å². The molecule has 0 aromatic heterocycles. The minimum Gasteiger partial charge on any atom is -0.493 e. The molecule has 1 aromatic rings. The lowest BCUT2D eigenvalue weighted by Crippen LogP contribution is -2.15. The smallest absolute Gasteiger partial charge is 0.128 e. The number of ether oxygens (including phenoxy) is 2. The van der Waals surface area contributed by atoms with Crippen LogP contribution >= 0.6 is 0 Å². The van der Waals surface area contributed by atoms with Gasteiger partial charge in [-0.25, -0.2) is 0 Å². The van der Waals surface area contributed by atoms with E-state index in [1.807, 2.05) is 7.05 Å². The quantitative estimate of drug-likeness (QED) is 0.849. The van der Waals surface area contributed by atoms with Crippen LogP contribution in [0.25, 0.3) is 0 Å². The topological polar surface area (TPSA) is 30.5 Å². The van der Waals surface area contributed by atoms with Gasteiger partial charge in [-0.15, -0.1) is 0 Å². The van der Waals surface area contributed by atoms with Crippen molar-refractivity contribution >= 4 is 0 Å². The summed E-state index contributed by atoms with van der Waals surface area (Å²) in [5.41, 5.74) is 5.31. The molecule has 1 atom stereocenters. The molecular weight excluding hydrogens is 214 g/mol. The fourth-order valence-electron chi connectivity index (χ4n) is 2.98. The Labute approximate surface area is 102 Å². The Hall–Kier alpha value is -1.22. The van der Waals surface area contributed by atoms with Crippen LogP contribution in [0.2, 0.25) is 0 Å². The molecule has 3 rings (SSSR count). The maximum Gasteiger partial charge on any atom is 0.128 e. The molecule has 92 valence electrons. The summed E-state index contributed by atoms with van der Waals surface area (Å²) in [5, 5.41) is 3.32. The van der Waals surface area contributed by atoms with Gasteiger partial charge in [-0.3, -0.25) is 0 Å². The Morgan fingerprint density at radius 1 is 1.06 bits per heavy atom. The fraction of sp³-hybridized carbons (Fsp3) is 0.571. The normalized spacial score (nSPS) is 18.3. The first-order valence-electron chi connectivity index (χ1n) is 6.35. The van der Waals surface area contributed by atoms with Crippen LogP contribution in [0, 0.1) is 6.92 Å². The molecule has 3 heteroatoms. The lowest BCUT2D eigenvalue weighted by molar-refractivity contribution is 0.349. The van der Waals surface area contributed by atoms with Gasteiger partial charge in [0.05, 0.1) is 13.2 Å². The highest BCUT2D eigenvalue weighted by Gasteiger charge is 2.31. The van der Waals surface area contributed by atoms with Crippen LogP contribution < -0.4 is 14.8 Å². The van der Waals surface area contributed by atoms with Crippen molar-refractivity contribution in [3.63, 3.8) is 0 Å². The Balaban J connectivity index is 2.26. The number of hydrogen-bond donors (Lipinski definition) is 1. The van der Waals surface area contributed by atoms with E-state index in [2.05, 4.69) is 19.2 Å².